The Morgan fingerprint density at radius 1 is 0.795 bits per heavy atom. The number of hydrogen-bond acceptors (Lipinski definition) is 12. The molecule has 0 saturated carbocycles. The quantitative estimate of drug-likeness (QED) is 0.116. The minimum Gasteiger partial charge on any atom is -0.463 e. The van der Waals surface area contributed by atoms with Gasteiger partial charge in [-0.3, -0.25) is 24.0 Å². The molecule has 0 spiro atoms. The van der Waals surface area contributed by atoms with Gasteiger partial charge in [-0.15, -0.1) is 0 Å². The maximum atomic E-state index is 12.7. The summed E-state index contributed by atoms with van der Waals surface area (Å²) in [5, 5.41) is 2.38. The van der Waals surface area contributed by atoms with Crippen molar-refractivity contribution in [2.75, 3.05) is 6.61 Å². The molecule has 0 aromatic carbocycles. The van der Waals surface area contributed by atoms with Crippen LogP contribution in [0.3, 0.4) is 0 Å². The van der Waals surface area contributed by atoms with Crippen molar-refractivity contribution >= 4 is 72.9 Å². The van der Waals surface area contributed by atoms with Crippen molar-refractivity contribution in [1.29, 1.82) is 0 Å². The fourth-order valence-corrected chi connectivity index (χ4v) is 5.66. The van der Waals surface area contributed by atoms with Crippen LogP contribution < -0.4 is 5.32 Å². The monoisotopic (exact) mass is 703 g/mol. The Balaban J connectivity index is 2.60. The lowest BCUT2D eigenvalue weighted by molar-refractivity contribution is -0.320. The number of rotatable bonds is 10. The van der Waals surface area contributed by atoms with Crippen LogP contribution in [0.5, 0.6) is 0 Å². The van der Waals surface area contributed by atoms with Crippen LogP contribution in [0.1, 0.15) is 48.5 Å². The Morgan fingerprint density at radius 3 is 1.80 bits per heavy atom. The van der Waals surface area contributed by atoms with Crippen LogP contribution in [-0.2, 0) is 56.8 Å². The number of esters is 4. The van der Waals surface area contributed by atoms with Crippen LogP contribution in [0.25, 0.3) is 0 Å². The molecule has 1 N–H and O–H groups in total. The Morgan fingerprint density at radius 2 is 1.32 bits per heavy atom. The van der Waals surface area contributed by atoms with Crippen LogP contribution in [0, 0.1) is 0 Å². The lowest BCUT2D eigenvalue weighted by Gasteiger charge is -2.46. The summed E-state index contributed by atoms with van der Waals surface area (Å²) >= 11 is 17.4. The van der Waals surface area contributed by atoms with E-state index in [1.54, 1.807) is 12.2 Å². The minimum absolute atomic E-state index is 0.224. The summed E-state index contributed by atoms with van der Waals surface area (Å²) in [7, 11) is -2.46. The van der Waals surface area contributed by atoms with E-state index in [1.807, 2.05) is 33.9 Å². The fourth-order valence-electron chi connectivity index (χ4n) is 4.25. The maximum absolute atomic E-state index is 12.7. The van der Waals surface area contributed by atoms with Gasteiger partial charge in [0.15, 0.2) is 32.9 Å². The van der Waals surface area contributed by atoms with Gasteiger partial charge in [0.05, 0.1) is 12.1 Å². The Labute approximate surface area is 272 Å². The predicted molar refractivity (Wildman–Crippen MR) is 160 cm³/mol. The van der Waals surface area contributed by atoms with Gasteiger partial charge in [-0.2, -0.15) is 0 Å². The highest BCUT2D eigenvalue weighted by molar-refractivity contribution is 6.76. The number of ether oxygens (including phenoxy) is 6. The lowest BCUT2D eigenvalue weighted by Crippen LogP contribution is -2.64. The summed E-state index contributed by atoms with van der Waals surface area (Å²) in [6.07, 6.45) is -5.64. The summed E-state index contributed by atoms with van der Waals surface area (Å²) in [4.78, 5) is 60.8. The molecule has 0 unspecified atom stereocenters. The third-order valence-electron chi connectivity index (χ3n) is 7.22. The number of hydrogen-bond donors (Lipinski definition) is 1. The second-order valence-corrected chi connectivity index (χ2v) is 18.9. The smallest absolute Gasteiger partial charge is 0.303 e. The first-order valence-electron chi connectivity index (χ1n) is 13.7. The third kappa shape index (κ3) is 10.6. The number of carbonyl (C=O) groups is 5. The van der Waals surface area contributed by atoms with Crippen molar-refractivity contribution in [1.82, 2.24) is 5.32 Å². The number of alkyl halides is 3. The Hall–Kier alpha value is -1.94. The van der Waals surface area contributed by atoms with Gasteiger partial charge in [-0.05, 0) is 18.1 Å². The summed E-state index contributed by atoms with van der Waals surface area (Å²) in [5.41, 5.74) is 0. The molecule has 1 aliphatic heterocycles. The van der Waals surface area contributed by atoms with E-state index in [0.29, 0.717) is 0 Å². The first kappa shape index (κ1) is 38.2. The van der Waals surface area contributed by atoms with Gasteiger partial charge in [0.1, 0.15) is 18.8 Å². The van der Waals surface area contributed by atoms with Gasteiger partial charge < -0.3 is 38.2 Å². The van der Waals surface area contributed by atoms with E-state index < -0.39 is 97.5 Å². The van der Waals surface area contributed by atoms with Gasteiger partial charge in [0, 0.05) is 27.7 Å². The summed E-state index contributed by atoms with van der Waals surface area (Å²) < 4.78 is 38.3. The van der Waals surface area contributed by atoms with Gasteiger partial charge in [0.2, 0.25) is 0 Å². The van der Waals surface area contributed by atoms with Crippen LogP contribution in [0.4, 0.5) is 0 Å². The van der Waals surface area contributed by atoms with Crippen molar-refractivity contribution in [3.05, 3.63) is 12.2 Å². The zero-order valence-electron chi connectivity index (χ0n) is 26.0. The SMILES string of the molecule is CC(=O)OC[C@H]1O[C@@H](O[C@@H]2[C@@H](NC(=O)C(Cl)(Cl)Cl)C=C[C@@H]2O[Si](C)(C)C(C)(C)C)[C@H](OC(C)=O)[C@@H](OC(C)=O)[C@H]1OC(C)=O. The second kappa shape index (κ2) is 15.1. The molecule has 2 aliphatic rings. The number of halogens is 3. The molecule has 13 nitrogen and oxygen atoms in total. The van der Waals surface area contributed by atoms with E-state index in [4.69, 9.17) is 67.7 Å². The molecule has 1 amide bonds. The van der Waals surface area contributed by atoms with E-state index in [1.165, 1.54) is 0 Å². The average Bonchev–Trinajstić information content (AvgIpc) is 3.19. The van der Waals surface area contributed by atoms with Gasteiger partial charge in [0.25, 0.3) is 9.70 Å². The molecule has 0 aromatic heterocycles. The number of nitrogens with one attached hydrogen (secondary N) is 1. The van der Waals surface area contributed by atoms with Crippen molar-refractivity contribution in [3.8, 4) is 0 Å². The molecular weight excluding hydrogens is 665 g/mol. The highest BCUT2D eigenvalue weighted by Gasteiger charge is 2.55. The van der Waals surface area contributed by atoms with E-state index >= 15 is 0 Å². The molecule has 1 fully saturated rings. The largest absolute Gasteiger partial charge is 0.463 e. The highest BCUT2D eigenvalue weighted by Crippen LogP contribution is 2.40. The zero-order chi connectivity index (χ0) is 33.8. The van der Waals surface area contributed by atoms with Crippen molar-refractivity contribution < 1.29 is 56.8 Å². The molecular formula is C27H40Cl3NO12Si. The zero-order valence-corrected chi connectivity index (χ0v) is 29.3. The van der Waals surface area contributed by atoms with Gasteiger partial charge in [-0.25, -0.2) is 0 Å². The predicted octanol–water partition coefficient (Wildman–Crippen LogP) is 3.27. The molecule has 0 bridgehead atoms. The first-order valence-corrected chi connectivity index (χ1v) is 17.8. The Kier molecular flexibility index (Phi) is 13.1. The average molecular weight is 705 g/mol. The van der Waals surface area contributed by atoms with Crippen LogP contribution in [-0.4, -0.2) is 97.5 Å². The molecule has 17 heteroatoms. The molecule has 1 saturated heterocycles. The molecule has 8 atom stereocenters. The first-order chi connectivity index (χ1) is 20.0. The van der Waals surface area contributed by atoms with E-state index in [9.17, 15) is 24.0 Å². The highest BCUT2D eigenvalue weighted by atomic mass is 35.6. The topological polar surface area (TPSA) is 162 Å². The van der Waals surface area contributed by atoms with Crippen molar-refractivity contribution in [3.63, 3.8) is 0 Å². The lowest BCUT2D eigenvalue weighted by atomic mass is 9.98. The third-order valence-corrected chi connectivity index (χ3v) is 12.2. The standard InChI is InChI=1S/C27H40Cl3NO12Si/c1-13(32)37-12-19-21(38-14(2)33)22(39-15(3)34)23(40-16(4)35)24(41-19)42-20-17(31-25(36)27(28,29)30)10-11-18(20)43-44(8,9)26(5,6)7/h10-11,17-24H,12H2,1-9H3,(H,31,36)/t17-,18-,19+,20+,21-,22-,23+,24-/m0/s1. The van der Waals surface area contributed by atoms with E-state index in [2.05, 4.69) is 5.32 Å². The fraction of sp³-hybridized carbons (Fsp3) is 0.741. The molecule has 0 aromatic rings. The molecule has 0 radical (unpaired) electrons. The summed E-state index contributed by atoms with van der Waals surface area (Å²) in [5.74, 6) is -3.99. The molecule has 250 valence electrons. The van der Waals surface area contributed by atoms with Crippen molar-refractivity contribution in [2.45, 2.75) is 119 Å². The molecule has 1 aliphatic carbocycles. The number of carbonyl (C=O) groups excluding carboxylic acids is 5. The second-order valence-electron chi connectivity index (χ2n) is 11.9. The summed E-state index contributed by atoms with van der Waals surface area (Å²) in [6.45, 7) is 14.2. The van der Waals surface area contributed by atoms with Crippen LogP contribution in [0.15, 0.2) is 12.2 Å². The normalized spacial score (nSPS) is 29.0. The molecule has 2 rings (SSSR count). The number of amides is 1. The summed E-state index contributed by atoms with van der Waals surface area (Å²) in [6, 6.07) is -0.931. The molecule has 44 heavy (non-hydrogen) atoms. The minimum atomic E-state index is -2.46. The van der Waals surface area contributed by atoms with Crippen LogP contribution >= 0.6 is 34.8 Å². The van der Waals surface area contributed by atoms with Crippen LogP contribution in [0.2, 0.25) is 18.1 Å². The maximum Gasteiger partial charge on any atom is 0.303 e. The van der Waals surface area contributed by atoms with E-state index in [-0.39, 0.29) is 5.04 Å². The van der Waals surface area contributed by atoms with E-state index in [0.717, 1.165) is 27.7 Å². The van der Waals surface area contributed by atoms with Gasteiger partial charge >= 0.3 is 23.9 Å². The van der Waals surface area contributed by atoms with Gasteiger partial charge in [-0.1, -0.05) is 67.7 Å². The molecule has 1 heterocycles. The Bertz CT molecular complexity index is 1120. The van der Waals surface area contributed by atoms with Crippen molar-refractivity contribution in [2.24, 2.45) is 0 Å².